The Hall–Kier alpha value is -2.27. The second-order valence-corrected chi connectivity index (χ2v) is 9.24. The number of unbranched alkanes of at least 4 members (excludes halogenated alkanes) is 1. The Morgan fingerprint density at radius 1 is 1.06 bits per heavy atom. The van der Waals surface area contributed by atoms with Crippen molar-refractivity contribution in [3.05, 3.63) is 70.3 Å². The number of nitrogens with one attached hydrogen (secondary N) is 1. The number of carbonyl (C=O) groups excluding carboxylic acids is 2. The van der Waals surface area contributed by atoms with E-state index >= 15 is 0 Å². The molecule has 0 aliphatic carbocycles. The fraction of sp³-hybridized carbons (Fsp3) is 0.462. The minimum Gasteiger partial charge on any atom is -0.354 e. The van der Waals surface area contributed by atoms with Gasteiger partial charge in [-0.05, 0) is 50.8 Å². The number of carbonyl (C=O) groups is 2. The standard InChI is InChI=1S/C26H36N2O2S/c1-6-7-12-27-26(30)22(5)28(16-24-11-9-8-10-21(24)4)25(29)18-31-17-23-14-19(2)13-20(3)15-23/h8-11,13-15,22H,6-7,12,16-18H2,1-5H3,(H,27,30). The average molecular weight is 441 g/mol. The van der Waals surface area contributed by atoms with Gasteiger partial charge in [-0.25, -0.2) is 0 Å². The fourth-order valence-corrected chi connectivity index (χ4v) is 4.43. The predicted molar refractivity (Wildman–Crippen MR) is 131 cm³/mol. The topological polar surface area (TPSA) is 49.4 Å². The van der Waals surface area contributed by atoms with E-state index in [0.29, 0.717) is 18.8 Å². The molecule has 2 aromatic carbocycles. The Morgan fingerprint density at radius 3 is 2.39 bits per heavy atom. The fourth-order valence-electron chi connectivity index (χ4n) is 3.58. The second kappa shape index (κ2) is 12.6. The first kappa shape index (κ1) is 25.0. The number of thioether (sulfide) groups is 1. The van der Waals surface area contributed by atoms with Crippen LogP contribution in [0.3, 0.4) is 0 Å². The average Bonchev–Trinajstić information content (AvgIpc) is 2.72. The predicted octanol–water partition coefficient (Wildman–Crippen LogP) is 5.18. The molecule has 0 saturated heterocycles. The third-order valence-electron chi connectivity index (χ3n) is 5.37. The van der Waals surface area contributed by atoms with Crippen LogP contribution in [0.1, 0.15) is 54.5 Å². The summed E-state index contributed by atoms with van der Waals surface area (Å²) in [6.45, 7) is 11.2. The van der Waals surface area contributed by atoms with Crippen LogP contribution in [-0.4, -0.2) is 35.1 Å². The van der Waals surface area contributed by atoms with Crippen molar-refractivity contribution >= 4 is 23.6 Å². The van der Waals surface area contributed by atoms with Gasteiger partial charge in [0.2, 0.25) is 11.8 Å². The first-order valence-corrected chi connectivity index (χ1v) is 12.2. The third-order valence-corrected chi connectivity index (χ3v) is 6.36. The number of amides is 2. The zero-order valence-corrected chi connectivity index (χ0v) is 20.3. The van der Waals surface area contributed by atoms with E-state index in [0.717, 1.165) is 29.7 Å². The summed E-state index contributed by atoms with van der Waals surface area (Å²) in [5.74, 6) is 1.04. The molecule has 0 aromatic heterocycles. The minimum absolute atomic E-state index is 0.00392. The number of benzene rings is 2. The van der Waals surface area contributed by atoms with E-state index in [1.54, 1.807) is 16.7 Å². The van der Waals surface area contributed by atoms with Crippen LogP contribution in [0, 0.1) is 20.8 Å². The molecule has 1 N–H and O–H groups in total. The van der Waals surface area contributed by atoms with E-state index in [1.165, 1.54) is 16.7 Å². The van der Waals surface area contributed by atoms with E-state index < -0.39 is 6.04 Å². The van der Waals surface area contributed by atoms with Crippen LogP contribution in [0.25, 0.3) is 0 Å². The Morgan fingerprint density at radius 2 is 1.74 bits per heavy atom. The number of hydrogen-bond acceptors (Lipinski definition) is 3. The highest BCUT2D eigenvalue weighted by molar-refractivity contribution is 7.99. The molecule has 0 aliphatic heterocycles. The summed E-state index contributed by atoms with van der Waals surface area (Å²) in [5, 5.41) is 2.97. The zero-order valence-electron chi connectivity index (χ0n) is 19.5. The van der Waals surface area contributed by atoms with Gasteiger partial charge in [0.15, 0.2) is 0 Å². The quantitative estimate of drug-likeness (QED) is 0.490. The van der Waals surface area contributed by atoms with Crippen molar-refractivity contribution in [2.45, 2.75) is 65.8 Å². The maximum Gasteiger partial charge on any atom is 0.242 e. The lowest BCUT2D eigenvalue weighted by Crippen LogP contribution is -2.48. The van der Waals surface area contributed by atoms with Gasteiger partial charge in [-0.1, -0.05) is 66.9 Å². The van der Waals surface area contributed by atoms with Crippen molar-refractivity contribution in [2.24, 2.45) is 0 Å². The molecule has 0 fully saturated rings. The second-order valence-electron chi connectivity index (χ2n) is 8.26. The lowest BCUT2D eigenvalue weighted by atomic mass is 10.1. The van der Waals surface area contributed by atoms with E-state index in [9.17, 15) is 9.59 Å². The van der Waals surface area contributed by atoms with Crippen LogP contribution in [0.15, 0.2) is 42.5 Å². The van der Waals surface area contributed by atoms with Gasteiger partial charge in [0.05, 0.1) is 5.75 Å². The highest BCUT2D eigenvalue weighted by atomic mass is 32.2. The Bertz CT molecular complexity index is 861. The third kappa shape index (κ3) is 8.06. The van der Waals surface area contributed by atoms with Crippen molar-refractivity contribution in [1.29, 1.82) is 0 Å². The van der Waals surface area contributed by atoms with Crippen LogP contribution >= 0.6 is 11.8 Å². The van der Waals surface area contributed by atoms with Crippen LogP contribution < -0.4 is 5.32 Å². The summed E-state index contributed by atoms with van der Waals surface area (Å²) in [6.07, 6.45) is 1.96. The molecule has 4 nitrogen and oxygen atoms in total. The number of rotatable bonds is 11. The largest absolute Gasteiger partial charge is 0.354 e. The Kier molecular flexibility index (Phi) is 10.1. The van der Waals surface area contributed by atoms with E-state index in [-0.39, 0.29) is 11.8 Å². The lowest BCUT2D eigenvalue weighted by Gasteiger charge is -2.29. The molecular weight excluding hydrogens is 404 g/mol. The van der Waals surface area contributed by atoms with Crippen molar-refractivity contribution in [2.75, 3.05) is 12.3 Å². The summed E-state index contributed by atoms with van der Waals surface area (Å²) in [7, 11) is 0. The molecule has 1 unspecified atom stereocenters. The van der Waals surface area contributed by atoms with Crippen LogP contribution in [0.2, 0.25) is 0 Å². The first-order valence-electron chi connectivity index (χ1n) is 11.1. The number of nitrogens with zero attached hydrogens (tertiary/aromatic N) is 1. The maximum absolute atomic E-state index is 13.2. The van der Waals surface area contributed by atoms with Gasteiger partial charge in [0.25, 0.3) is 0 Å². The van der Waals surface area contributed by atoms with Gasteiger partial charge in [0.1, 0.15) is 6.04 Å². The molecule has 0 aliphatic rings. The van der Waals surface area contributed by atoms with Gasteiger partial charge in [0, 0.05) is 18.8 Å². The van der Waals surface area contributed by atoms with Crippen molar-refractivity contribution < 1.29 is 9.59 Å². The number of aryl methyl sites for hydroxylation is 3. The zero-order chi connectivity index (χ0) is 22.8. The van der Waals surface area contributed by atoms with Gasteiger partial charge < -0.3 is 10.2 Å². The van der Waals surface area contributed by atoms with Crippen LogP contribution in [0.4, 0.5) is 0 Å². The van der Waals surface area contributed by atoms with Crippen molar-refractivity contribution in [3.63, 3.8) is 0 Å². The Balaban J connectivity index is 2.07. The highest BCUT2D eigenvalue weighted by Crippen LogP contribution is 2.19. The van der Waals surface area contributed by atoms with Crippen molar-refractivity contribution in [1.82, 2.24) is 10.2 Å². The molecular formula is C26H36N2O2S. The molecule has 1 atom stereocenters. The molecule has 0 heterocycles. The molecule has 2 amide bonds. The summed E-state index contributed by atoms with van der Waals surface area (Å²) in [5.41, 5.74) is 5.90. The molecule has 0 bridgehead atoms. The van der Waals surface area contributed by atoms with Gasteiger partial charge in [-0.15, -0.1) is 11.8 Å². The smallest absolute Gasteiger partial charge is 0.242 e. The molecule has 168 valence electrons. The highest BCUT2D eigenvalue weighted by Gasteiger charge is 2.26. The summed E-state index contributed by atoms with van der Waals surface area (Å²) >= 11 is 1.60. The minimum atomic E-state index is -0.509. The van der Waals surface area contributed by atoms with Crippen LogP contribution in [0.5, 0.6) is 0 Å². The van der Waals surface area contributed by atoms with Gasteiger partial charge in [-0.2, -0.15) is 0 Å². The molecule has 2 rings (SSSR count). The molecule has 5 heteroatoms. The molecule has 31 heavy (non-hydrogen) atoms. The van der Waals surface area contributed by atoms with Gasteiger partial charge >= 0.3 is 0 Å². The van der Waals surface area contributed by atoms with E-state index in [2.05, 4.69) is 44.3 Å². The summed E-state index contributed by atoms with van der Waals surface area (Å²) in [4.78, 5) is 27.6. The molecule has 0 radical (unpaired) electrons. The molecule has 2 aromatic rings. The van der Waals surface area contributed by atoms with Crippen molar-refractivity contribution in [3.8, 4) is 0 Å². The first-order chi connectivity index (χ1) is 14.8. The summed E-state index contributed by atoms with van der Waals surface area (Å²) in [6, 6.07) is 14.0. The van der Waals surface area contributed by atoms with E-state index in [1.807, 2.05) is 38.1 Å². The maximum atomic E-state index is 13.2. The van der Waals surface area contributed by atoms with E-state index in [4.69, 9.17) is 0 Å². The van der Waals surface area contributed by atoms with Crippen LogP contribution in [-0.2, 0) is 21.9 Å². The lowest BCUT2D eigenvalue weighted by molar-refractivity contribution is -0.138. The molecule has 0 saturated carbocycles. The number of hydrogen-bond donors (Lipinski definition) is 1. The monoisotopic (exact) mass is 440 g/mol. The summed E-state index contributed by atoms with van der Waals surface area (Å²) < 4.78 is 0. The normalized spacial score (nSPS) is 11.8. The molecule has 0 spiro atoms. The Labute approximate surface area is 191 Å². The van der Waals surface area contributed by atoms with Gasteiger partial charge in [-0.3, -0.25) is 9.59 Å². The SMILES string of the molecule is CCCCNC(=O)C(C)N(Cc1ccccc1C)C(=O)CSCc1cc(C)cc(C)c1.